The minimum atomic E-state index is -0.429. The van der Waals surface area contributed by atoms with Crippen molar-refractivity contribution in [2.24, 2.45) is 4.99 Å². The number of hydrogen-bond acceptors (Lipinski definition) is 2. The molecule has 0 bridgehead atoms. The highest BCUT2D eigenvalue weighted by molar-refractivity contribution is 7.16. The lowest BCUT2D eigenvalue weighted by molar-refractivity contribution is -0.118. The molecule has 0 saturated carbocycles. The van der Waals surface area contributed by atoms with Crippen LogP contribution in [0.3, 0.4) is 0 Å². The van der Waals surface area contributed by atoms with E-state index in [0.717, 1.165) is 27.9 Å². The number of aryl methyl sites for hydroxylation is 1. The van der Waals surface area contributed by atoms with E-state index in [2.05, 4.69) is 16.5 Å². The smallest absolute Gasteiger partial charge is 0.260 e. The molecular weight excluding hydrogens is 388 g/mol. The molecule has 5 heteroatoms. The number of carbonyl (C=O) groups excluding carboxylic acids is 1. The fourth-order valence-corrected chi connectivity index (χ4v) is 4.74. The van der Waals surface area contributed by atoms with E-state index in [1.54, 1.807) is 0 Å². The van der Waals surface area contributed by atoms with Crippen LogP contribution in [0.2, 0.25) is 5.02 Å². The topological polar surface area (TPSA) is 34.4 Å². The molecule has 4 aromatic rings. The highest BCUT2D eigenvalue weighted by Gasteiger charge is 2.22. The zero-order valence-electron chi connectivity index (χ0n) is 15.4. The number of hydrogen-bond donors (Lipinski definition) is 0. The minimum Gasteiger partial charge on any atom is -0.317 e. The SMILES string of the molecule is CCn1c(=NC(=O)C(c2ccccc2)c2ccccc2)sc2cc(Cl)ccc21. The van der Waals surface area contributed by atoms with Gasteiger partial charge in [-0.05, 0) is 36.2 Å². The van der Waals surface area contributed by atoms with E-state index < -0.39 is 5.92 Å². The van der Waals surface area contributed by atoms with Crippen LogP contribution in [-0.2, 0) is 11.3 Å². The summed E-state index contributed by atoms with van der Waals surface area (Å²) in [4.78, 5) is 18.6. The van der Waals surface area contributed by atoms with Gasteiger partial charge in [0.1, 0.15) is 0 Å². The number of halogens is 1. The molecule has 0 aliphatic carbocycles. The molecule has 0 saturated heterocycles. The number of nitrogens with zero attached hydrogens (tertiary/aromatic N) is 2. The third-order valence-corrected chi connectivity index (χ3v) is 5.96. The Balaban J connectivity index is 1.85. The third-order valence-electron chi connectivity index (χ3n) is 4.68. The molecular formula is C23H19ClN2OS. The predicted molar refractivity (Wildman–Crippen MR) is 116 cm³/mol. The molecule has 0 fully saturated rings. The fourth-order valence-electron chi connectivity index (χ4n) is 3.37. The van der Waals surface area contributed by atoms with E-state index in [9.17, 15) is 4.79 Å². The number of benzene rings is 3. The Morgan fingerprint density at radius 1 is 1.00 bits per heavy atom. The maximum atomic E-state index is 13.3. The molecule has 28 heavy (non-hydrogen) atoms. The van der Waals surface area contributed by atoms with Crippen LogP contribution in [0.4, 0.5) is 0 Å². The summed E-state index contributed by atoms with van der Waals surface area (Å²) in [5.41, 5.74) is 2.92. The van der Waals surface area contributed by atoms with Crippen molar-refractivity contribution in [3.8, 4) is 0 Å². The van der Waals surface area contributed by atoms with Crippen LogP contribution in [0.5, 0.6) is 0 Å². The van der Waals surface area contributed by atoms with Crippen molar-refractivity contribution in [3.05, 3.63) is 99.8 Å². The molecule has 1 aromatic heterocycles. The largest absolute Gasteiger partial charge is 0.317 e. The zero-order valence-corrected chi connectivity index (χ0v) is 17.0. The van der Waals surface area contributed by atoms with Gasteiger partial charge in [-0.3, -0.25) is 4.79 Å². The molecule has 3 aromatic carbocycles. The van der Waals surface area contributed by atoms with E-state index >= 15 is 0 Å². The van der Waals surface area contributed by atoms with E-state index in [-0.39, 0.29) is 5.91 Å². The van der Waals surface area contributed by atoms with Crippen molar-refractivity contribution in [3.63, 3.8) is 0 Å². The summed E-state index contributed by atoms with van der Waals surface area (Å²) in [6.07, 6.45) is 0. The Hall–Kier alpha value is -2.69. The molecule has 4 rings (SSSR count). The standard InChI is InChI=1S/C23H19ClN2OS/c1-2-26-19-14-13-18(24)15-20(19)28-23(26)25-22(27)21(16-9-5-3-6-10-16)17-11-7-4-8-12-17/h3-15,21H,2H2,1H3. The Labute approximate surface area is 172 Å². The molecule has 0 atom stereocenters. The van der Waals surface area contributed by atoms with Gasteiger partial charge in [-0.2, -0.15) is 4.99 Å². The van der Waals surface area contributed by atoms with Gasteiger partial charge in [-0.15, -0.1) is 0 Å². The van der Waals surface area contributed by atoms with Crippen molar-refractivity contribution >= 4 is 39.1 Å². The monoisotopic (exact) mass is 406 g/mol. The number of fused-ring (bicyclic) bond motifs is 1. The lowest BCUT2D eigenvalue weighted by atomic mass is 9.91. The second-order valence-corrected chi connectivity index (χ2v) is 7.89. The summed E-state index contributed by atoms with van der Waals surface area (Å²) in [5, 5.41) is 0.682. The fraction of sp³-hybridized carbons (Fsp3) is 0.130. The van der Waals surface area contributed by atoms with Crippen molar-refractivity contribution in [1.82, 2.24) is 4.57 Å². The second-order valence-electron chi connectivity index (χ2n) is 6.45. The van der Waals surface area contributed by atoms with Gasteiger partial charge in [0, 0.05) is 11.6 Å². The second kappa shape index (κ2) is 8.13. The van der Waals surface area contributed by atoms with Gasteiger partial charge < -0.3 is 4.57 Å². The summed E-state index contributed by atoms with van der Waals surface area (Å²) >= 11 is 7.63. The van der Waals surface area contributed by atoms with Crippen LogP contribution in [-0.4, -0.2) is 10.5 Å². The highest BCUT2D eigenvalue weighted by Crippen LogP contribution is 2.26. The molecule has 3 nitrogen and oxygen atoms in total. The molecule has 0 radical (unpaired) electrons. The normalized spacial score (nSPS) is 12.0. The third kappa shape index (κ3) is 3.66. The summed E-state index contributed by atoms with van der Waals surface area (Å²) in [7, 11) is 0. The van der Waals surface area contributed by atoms with Gasteiger partial charge >= 0.3 is 0 Å². The lowest BCUT2D eigenvalue weighted by Gasteiger charge is -2.14. The molecule has 0 spiro atoms. The summed E-state index contributed by atoms with van der Waals surface area (Å²) in [6.45, 7) is 2.78. The predicted octanol–water partition coefficient (Wildman–Crippen LogP) is 5.64. The molecule has 1 amide bonds. The Morgan fingerprint density at radius 3 is 2.18 bits per heavy atom. The van der Waals surface area contributed by atoms with Gasteiger partial charge in [0.15, 0.2) is 4.80 Å². The molecule has 140 valence electrons. The number of rotatable bonds is 4. The number of amides is 1. The number of carbonyl (C=O) groups is 1. The van der Waals surface area contributed by atoms with Gasteiger partial charge in [0.2, 0.25) is 0 Å². The molecule has 0 aliphatic heterocycles. The van der Waals surface area contributed by atoms with E-state index in [1.807, 2.05) is 78.9 Å². The van der Waals surface area contributed by atoms with Gasteiger partial charge in [-0.25, -0.2) is 0 Å². The summed E-state index contributed by atoms with van der Waals surface area (Å²) in [6, 6.07) is 25.4. The molecule has 0 unspecified atom stereocenters. The Bertz CT molecular complexity index is 1140. The van der Waals surface area contributed by atoms with Crippen LogP contribution in [0.15, 0.2) is 83.9 Å². The first-order valence-corrected chi connectivity index (χ1v) is 10.3. The quantitative estimate of drug-likeness (QED) is 0.432. The summed E-state index contributed by atoms with van der Waals surface area (Å²) < 4.78 is 3.08. The molecule has 0 N–H and O–H groups in total. The zero-order chi connectivity index (χ0) is 19.5. The van der Waals surface area contributed by atoms with Crippen molar-refractivity contribution in [1.29, 1.82) is 0 Å². The Morgan fingerprint density at radius 2 is 1.61 bits per heavy atom. The van der Waals surface area contributed by atoms with Gasteiger partial charge in [0.05, 0.1) is 16.1 Å². The van der Waals surface area contributed by atoms with Gasteiger partial charge in [0.25, 0.3) is 5.91 Å². The van der Waals surface area contributed by atoms with E-state index in [0.29, 0.717) is 9.82 Å². The highest BCUT2D eigenvalue weighted by atomic mass is 35.5. The maximum absolute atomic E-state index is 13.3. The van der Waals surface area contributed by atoms with Crippen molar-refractivity contribution in [2.75, 3.05) is 0 Å². The number of thiazole rings is 1. The summed E-state index contributed by atoms with van der Waals surface area (Å²) in [5.74, 6) is -0.598. The van der Waals surface area contributed by atoms with E-state index in [4.69, 9.17) is 11.6 Å². The van der Waals surface area contributed by atoms with Gasteiger partial charge in [-0.1, -0.05) is 83.6 Å². The van der Waals surface area contributed by atoms with Crippen molar-refractivity contribution < 1.29 is 4.79 Å². The number of aromatic nitrogens is 1. The van der Waals surface area contributed by atoms with Crippen LogP contribution in [0.1, 0.15) is 24.0 Å². The molecule has 1 heterocycles. The maximum Gasteiger partial charge on any atom is 0.260 e. The first kappa shape index (κ1) is 18.7. The molecule has 0 aliphatic rings. The van der Waals surface area contributed by atoms with Crippen LogP contribution >= 0.6 is 22.9 Å². The first-order chi connectivity index (χ1) is 13.7. The van der Waals surface area contributed by atoms with Crippen LogP contribution < -0.4 is 4.80 Å². The first-order valence-electron chi connectivity index (χ1n) is 9.14. The van der Waals surface area contributed by atoms with E-state index in [1.165, 1.54) is 11.3 Å². The Kier molecular flexibility index (Phi) is 5.42. The van der Waals surface area contributed by atoms with Crippen LogP contribution in [0.25, 0.3) is 10.2 Å². The average molecular weight is 407 g/mol. The average Bonchev–Trinajstić information content (AvgIpc) is 3.05. The van der Waals surface area contributed by atoms with Crippen LogP contribution in [0, 0.1) is 0 Å². The minimum absolute atomic E-state index is 0.169. The lowest BCUT2D eigenvalue weighted by Crippen LogP contribution is -2.19. The van der Waals surface area contributed by atoms with Crippen molar-refractivity contribution in [2.45, 2.75) is 19.4 Å².